The zero-order valence-corrected chi connectivity index (χ0v) is 14.3. The number of nitriles is 1. The van der Waals surface area contributed by atoms with E-state index in [4.69, 9.17) is 5.26 Å². The Bertz CT molecular complexity index is 803. The molecule has 1 unspecified atom stereocenters. The molecule has 0 radical (unpaired) electrons. The van der Waals surface area contributed by atoms with E-state index >= 15 is 0 Å². The van der Waals surface area contributed by atoms with Crippen molar-refractivity contribution in [2.75, 3.05) is 18.4 Å². The molecule has 0 fully saturated rings. The zero-order chi connectivity index (χ0) is 17.6. The van der Waals surface area contributed by atoms with Crippen molar-refractivity contribution >= 4 is 17.2 Å². The fourth-order valence-corrected chi connectivity index (χ4v) is 2.99. The van der Waals surface area contributed by atoms with E-state index in [0.29, 0.717) is 11.3 Å². The molecular formula is C21H21N3O. The molecule has 1 amide bonds. The molecule has 0 bridgehead atoms. The molecule has 4 heteroatoms. The molecule has 0 aliphatic carbocycles. The molecule has 1 N–H and O–H groups in total. The van der Waals surface area contributed by atoms with Gasteiger partial charge in [-0.1, -0.05) is 36.4 Å². The average Bonchev–Trinajstić information content (AvgIpc) is 2.69. The van der Waals surface area contributed by atoms with Gasteiger partial charge in [0.25, 0.3) is 0 Å². The van der Waals surface area contributed by atoms with Gasteiger partial charge in [-0.15, -0.1) is 0 Å². The maximum Gasteiger partial charge on any atom is 0.241 e. The van der Waals surface area contributed by atoms with E-state index in [0.717, 1.165) is 19.5 Å². The highest BCUT2D eigenvalue weighted by Crippen LogP contribution is 2.23. The van der Waals surface area contributed by atoms with E-state index < -0.39 is 0 Å². The molecule has 2 aromatic carbocycles. The minimum atomic E-state index is -0.204. The fraction of sp³-hybridized carbons (Fsp3) is 0.238. The molecule has 25 heavy (non-hydrogen) atoms. The van der Waals surface area contributed by atoms with Crippen molar-refractivity contribution in [1.29, 1.82) is 5.26 Å². The van der Waals surface area contributed by atoms with Crippen LogP contribution < -0.4 is 5.32 Å². The first-order valence-electron chi connectivity index (χ1n) is 8.47. The van der Waals surface area contributed by atoms with Crippen LogP contribution in [-0.4, -0.2) is 29.9 Å². The summed E-state index contributed by atoms with van der Waals surface area (Å²) in [5, 5.41) is 11.7. The number of hydrogen-bond donors (Lipinski definition) is 1. The number of benzene rings is 2. The molecule has 126 valence electrons. The molecule has 1 aliphatic rings. The van der Waals surface area contributed by atoms with Crippen LogP contribution in [0.2, 0.25) is 0 Å². The summed E-state index contributed by atoms with van der Waals surface area (Å²) in [4.78, 5) is 14.7. The van der Waals surface area contributed by atoms with E-state index in [2.05, 4.69) is 46.6 Å². The maximum absolute atomic E-state index is 12.5. The van der Waals surface area contributed by atoms with Crippen LogP contribution in [0.4, 0.5) is 5.69 Å². The van der Waals surface area contributed by atoms with Crippen LogP contribution in [0, 0.1) is 11.3 Å². The third-order valence-corrected chi connectivity index (χ3v) is 4.59. The van der Waals surface area contributed by atoms with Crippen LogP contribution in [0.15, 0.2) is 60.7 Å². The molecule has 3 rings (SSSR count). The number of anilines is 1. The third kappa shape index (κ3) is 4.14. The lowest BCUT2D eigenvalue weighted by atomic mass is 9.99. The van der Waals surface area contributed by atoms with Gasteiger partial charge in [-0.25, -0.2) is 0 Å². The lowest BCUT2D eigenvalue weighted by Gasteiger charge is -2.31. The van der Waals surface area contributed by atoms with Gasteiger partial charge in [0.15, 0.2) is 0 Å². The second kappa shape index (κ2) is 7.78. The van der Waals surface area contributed by atoms with Crippen molar-refractivity contribution < 1.29 is 4.79 Å². The SMILES string of the molecule is CC(C(=O)Nc1ccc(C#N)cc1)N1CC=C(c2ccccc2)CC1. The van der Waals surface area contributed by atoms with Gasteiger partial charge in [-0.3, -0.25) is 9.69 Å². The Balaban J connectivity index is 1.59. The fourth-order valence-electron chi connectivity index (χ4n) is 2.99. The van der Waals surface area contributed by atoms with E-state index in [9.17, 15) is 4.79 Å². The lowest BCUT2D eigenvalue weighted by molar-refractivity contribution is -0.120. The second-order valence-corrected chi connectivity index (χ2v) is 6.19. The molecule has 2 aromatic rings. The minimum absolute atomic E-state index is 0.0266. The van der Waals surface area contributed by atoms with Gasteiger partial charge in [-0.05, 0) is 48.7 Å². The van der Waals surface area contributed by atoms with Crippen molar-refractivity contribution in [3.05, 3.63) is 71.8 Å². The number of rotatable bonds is 4. The van der Waals surface area contributed by atoms with E-state index in [1.807, 2.05) is 13.0 Å². The van der Waals surface area contributed by atoms with Gasteiger partial charge in [0.2, 0.25) is 5.91 Å². The predicted octanol–water partition coefficient (Wildman–Crippen LogP) is 3.67. The van der Waals surface area contributed by atoms with Crippen molar-refractivity contribution in [3.63, 3.8) is 0 Å². The molecule has 1 aliphatic heterocycles. The van der Waals surface area contributed by atoms with E-state index in [-0.39, 0.29) is 11.9 Å². The van der Waals surface area contributed by atoms with Crippen molar-refractivity contribution in [2.24, 2.45) is 0 Å². The van der Waals surface area contributed by atoms with Gasteiger partial charge in [0, 0.05) is 18.8 Å². The number of carbonyl (C=O) groups is 1. The monoisotopic (exact) mass is 331 g/mol. The van der Waals surface area contributed by atoms with Crippen LogP contribution in [0.3, 0.4) is 0 Å². The second-order valence-electron chi connectivity index (χ2n) is 6.19. The first kappa shape index (κ1) is 16.9. The minimum Gasteiger partial charge on any atom is -0.325 e. The number of hydrogen-bond acceptors (Lipinski definition) is 3. The largest absolute Gasteiger partial charge is 0.325 e. The molecule has 4 nitrogen and oxygen atoms in total. The summed E-state index contributed by atoms with van der Waals surface area (Å²) in [5.41, 5.74) is 3.91. The van der Waals surface area contributed by atoms with Gasteiger partial charge in [0.05, 0.1) is 17.7 Å². The Kier molecular flexibility index (Phi) is 5.27. The third-order valence-electron chi connectivity index (χ3n) is 4.59. The Hall–Kier alpha value is -2.90. The van der Waals surface area contributed by atoms with Crippen molar-refractivity contribution in [2.45, 2.75) is 19.4 Å². The van der Waals surface area contributed by atoms with Crippen LogP contribution in [0.25, 0.3) is 5.57 Å². The maximum atomic E-state index is 12.5. The molecule has 0 saturated carbocycles. The highest BCUT2D eigenvalue weighted by molar-refractivity contribution is 5.94. The van der Waals surface area contributed by atoms with Gasteiger partial charge in [0.1, 0.15) is 0 Å². The highest BCUT2D eigenvalue weighted by atomic mass is 16.2. The molecular weight excluding hydrogens is 310 g/mol. The first-order valence-corrected chi connectivity index (χ1v) is 8.47. The summed E-state index contributed by atoms with van der Waals surface area (Å²) < 4.78 is 0. The molecule has 0 aromatic heterocycles. The average molecular weight is 331 g/mol. The quantitative estimate of drug-likeness (QED) is 0.930. The van der Waals surface area contributed by atoms with Crippen LogP contribution in [0.5, 0.6) is 0 Å². The van der Waals surface area contributed by atoms with Crippen LogP contribution >= 0.6 is 0 Å². The summed E-state index contributed by atoms with van der Waals surface area (Å²) in [6.07, 6.45) is 3.16. The van der Waals surface area contributed by atoms with Gasteiger partial charge < -0.3 is 5.32 Å². The van der Waals surface area contributed by atoms with Crippen molar-refractivity contribution in [1.82, 2.24) is 4.90 Å². The first-order chi connectivity index (χ1) is 12.2. The molecule has 0 saturated heterocycles. The highest BCUT2D eigenvalue weighted by Gasteiger charge is 2.23. The Morgan fingerprint density at radius 1 is 1.16 bits per heavy atom. The van der Waals surface area contributed by atoms with Crippen LogP contribution in [-0.2, 0) is 4.79 Å². The summed E-state index contributed by atoms with van der Waals surface area (Å²) in [5.74, 6) is -0.0266. The smallest absolute Gasteiger partial charge is 0.241 e. The molecule has 1 atom stereocenters. The summed E-state index contributed by atoms with van der Waals surface area (Å²) >= 11 is 0. The molecule has 1 heterocycles. The normalized spacial score (nSPS) is 15.8. The predicted molar refractivity (Wildman–Crippen MR) is 99.9 cm³/mol. The van der Waals surface area contributed by atoms with E-state index in [1.54, 1.807) is 24.3 Å². The zero-order valence-electron chi connectivity index (χ0n) is 14.3. The lowest BCUT2D eigenvalue weighted by Crippen LogP contribution is -2.44. The topological polar surface area (TPSA) is 56.1 Å². The summed E-state index contributed by atoms with van der Waals surface area (Å²) in [6.45, 7) is 3.56. The summed E-state index contributed by atoms with van der Waals surface area (Å²) in [6, 6.07) is 19.2. The number of nitrogens with one attached hydrogen (secondary N) is 1. The van der Waals surface area contributed by atoms with Gasteiger partial charge >= 0.3 is 0 Å². The van der Waals surface area contributed by atoms with Crippen molar-refractivity contribution in [3.8, 4) is 6.07 Å². The standard InChI is InChI=1S/C21H21N3O/c1-16(21(25)23-20-9-7-17(15-22)8-10-20)24-13-11-19(12-14-24)18-5-3-2-4-6-18/h2-11,16H,12-14H2,1H3,(H,23,25). The Labute approximate surface area is 148 Å². The molecule has 0 spiro atoms. The number of nitrogens with zero attached hydrogens (tertiary/aromatic N) is 2. The Morgan fingerprint density at radius 3 is 2.48 bits per heavy atom. The number of carbonyl (C=O) groups excluding carboxylic acids is 1. The van der Waals surface area contributed by atoms with Gasteiger partial charge in [-0.2, -0.15) is 5.26 Å². The number of amides is 1. The van der Waals surface area contributed by atoms with E-state index in [1.165, 1.54) is 11.1 Å². The van der Waals surface area contributed by atoms with Crippen LogP contribution in [0.1, 0.15) is 24.5 Å². The Morgan fingerprint density at radius 2 is 1.88 bits per heavy atom. The summed E-state index contributed by atoms with van der Waals surface area (Å²) in [7, 11) is 0.